The lowest BCUT2D eigenvalue weighted by Crippen LogP contribution is -2.44. The molecule has 3 unspecified atom stereocenters. The second-order valence-electron chi connectivity index (χ2n) is 9.15. The molecule has 188 valence electrons. The van der Waals surface area contributed by atoms with Crippen molar-refractivity contribution in [1.29, 1.82) is 0 Å². The van der Waals surface area contributed by atoms with Gasteiger partial charge < -0.3 is 9.84 Å². The van der Waals surface area contributed by atoms with Crippen molar-refractivity contribution >= 4 is 29.5 Å². The Kier molecular flexibility index (Phi) is 12.4. The Morgan fingerprint density at radius 1 is 1.15 bits per heavy atom. The summed E-state index contributed by atoms with van der Waals surface area (Å²) in [5, 5.41) is 10.3. The molecule has 0 radical (unpaired) electrons. The van der Waals surface area contributed by atoms with Crippen LogP contribution in [0.5, 0.6) is 0 Å². The van der Waals surface area contributed by atoms with E-state index in [0.29, 0.717) is 32.1 Å². The van der Waals surface area contributed by atoms with E-state index in [2.05, 4.69) is 23.8 Å². The third kappa shape index (κ3) is 8.00. The lowest BCUT2D eigenvalue weighted by molar-refractivity contribution is -0.156. The lowest BCUT2D eigenvalue weighted by atomic mass is 9.71. The Balaban J connectivity index is 2.15. The smallest absolute Gasteiger partial charge is 0.317 e. The van der Waals surface area contributed by atoms with Gasteiger partial charge in [-0.05, 0) is 50.2 Å². The summed E-state index contributed by atoms with van der Waals surface area (Å²) in [6, 6.07) is 10.0. The molecular weight excluding hydrogens is 448 g/mol. The summed E-state index contributed by atoms with van der Waals surface area (Å²) in [5.74, 6) is -1.56. The number of rotatable bonds is 16. The van der Waals surface area contributed by atoms with Crippen LogP contribution in [0.1, 0.15) is 84.0 Å². The number of hydrogen-bond donors (Lipinski definition) is 1. The monoisotopic (exact) mass is 488 g/mol. The molecule has 0 saturated heterocycles. The molecule has 0 heterocycles. The van der Waals surface area contributed by atoms with E-state index in [1.165, 1.54) is 13.5 Å². The fraction of sp³-hybridized carbons (Fsp3) is 0.607. The maximum Gasteiger partial charge on any atom is 0.317 e. The first kappa shape index (κ1) is 28.2. The van der Waals surface area contributed by atoms with E-state index in [0.717, 1.165) is 43.4 Å². The van der Waals surface area contributed by atoms with Gasteiger partial charge in [-0.15, -0.1) is 11.8 Å². The maximum atomic E-state index is 13.1. The molecule has 0 aliphatic heterocycles. The third-order valence-corrected chi connectivity index (χ3v) is 8.14. The Morgan fingerprint density at radius 3 is 2.56 bits per heavy atom. The highest BCUT2D eigenvalue weighted by molar-refractivity contribution is 8.00. The van der Waals surface area contributed by atoms with Crippen LogP contribution < -0.4 is 0 Å². The van der Waals surface area contributed by atoms with Crippen molar-refractivity contribution in [3.05, 3.63) is 42.5 Å². The molecule has 34 heavy (non-hydrogen) atoms. The number of ketones is 1. The van der Waals surface area contributed by atoms with Crippen molar-refractivity contribution in [3.8, 4) is 0 Å². The molecule has 1 aliphatic carbocycles. The van der Waals surface area contributed by atoms with E-state index >= 15 is 0 Å². The zero-order chi connectivity index (χ0) is 24.8. The van der Waals surface area contributed by atoms with Gasteiger partial charge in [-0.3, -0.25) is 14.4 Å². The van der Waals surface area contributed by atoms with Crippen LogP contribution in [0.15, 0.2) is 47.4 Å². The zero-order valence-corrected chi connectivity index (χ0v) is 21.5. The Morgan fingerprint density at radius 2 is 1.88 bits per heavy atom. The van der Waals surface area contributed by atoms with E-state index in [-0.39, 0.29) is 22.9 Å². The quantitative estimate of drug-likeness (QED) is 0.0901. The van der Waals surface area contributed by atoms with Crippen molar-refractivity contribution in [2.75, 3.05) is 7.11 Å². The van der Waals surface area contributed by atoms with Gasteiger partial charge in [0.05, 0.1) is 7.11 Å². The van der Waals surface area contributed by atoms with Gasteiger partial charge >= 0.3 is 11.9 Å². The van der Waals surface area contributed by atoms with Crippen molar-refractivity contribution in [2.45, 2.75) is 94.1 Å². The first-order valence-corrected chi connectivity index (χ1v) is 13.6. The number of esters is 1. The van der Waals surface area contributed by atoms with E-state index in [4.69, 9.17) is 0 Å². The van der Waals surface area contributed by atoms with E-state index in [9.17, 15) is 19.5 Å². The number of hydrogen-bond acceptors (Lipinski definition) is 5. The number of carboxylic acid groups (broad SMARTS) is 1. The Labute approximate surface area is 208 Å². The number of aliphatic carboxylic acids is 1. The molecule has 3 atom stereocenters. The van der Waals surface area contributed by atoms with Gasteiger partial charge in [0, 0.05) is 23.0 Å². The zero-order valence-electron chi connectivity index (χ0n) is 20.7. The van der Waals surface area contributed by atoms with Crippen molar-refractivity contribution in [2.24, 2.45) is 11.3 Å². The number of unbranched alkanes of at least 4 members (excludes halogenated alkanes) is 6. The standard InChI is InChI=1S/C28H40O5S/c1-3-4-5-6-12-17-24(34-22-15-10-9-11-16-22)23-19-20-25(29)28(23,27(31)32)21-14-8-7-13-18-26(30)33-2/h9-12,15-17,23-24H,3-8,13-14,18-21H2,1-2H3,(H,31,32)/b17-12+. The average Bonchev–Trinajstić information content (AvgIpc) is 3.17. The van der Waals surface area contributed by atoms with Crippen molar-refractivity contribution < 1.29 is 24.2 Å². The van der Waals surface area contributed by atoms with Crippen molar-refractivity contribution in [1.82, 2.24) is 0 Å². The second kappa shape index (κ2) is 15.0. The highest BCUT2D eigenvalue weighted by Crippen LogP contribution is 2.50. The molecule has 1 saturated carbocycles. The second-order valence-corrected chi connectivity index (χ2v) is 10.4. The molecule has 1 N–H and O–H groups in total. The van der Waals surface area contributed by atoms with Gasteiger partial charge in [-0.25, -0.2) is 0 Å². The number of ether oxygens (including phenoxy) is 1. The minimum atomic E-state index is -1.33. The number of Topliss-reactive ketones (excluding diaryl/α,β-unsaturated/α-hetero) is 1. The van der Waals surface area contributed by atoms with Crippen LogP contribution in [0.25, 0.3) is 0 Å². The van der Waals surface area contributed by atoms with Crippen LogP contribution in [0, 0.1) is 11.3 Å². The Bertz CT molecular complexity index is 806. The van der Waals surface area contributed by atoms with Crippen LogP contribution in [-0.4, -0.2) is 35.2 Å². The Hall–Kier alpha value is -2.08. The van der Waals surface area contributed by atoms with Crippen LogP contribution in [-0.2, 0) is 19.1 Å². The molecular formula is C28H40O5S. The summed E-state index contributed by atoms with van der Waals surface area (Å²) in [6.45, 7) is 2.18. The van der Waals surface area contributed by atoms with Gasteiger partial charge in [-0.1, -0.05) is 69.4 Å². The molecule has 1 aromatic rings. The molecule has 0 amide bonds. The number of thioether (sulfide) groups is 1. The summed E-state index contributed by atoms with van der Waals surface area (Å²) in [5.41, 5.74) is -1.33. The number of methoxy groups -OCH3 is 1. The van der Waals surface area contributed by atoms with Crippen molar-refractivity contribution in [3.63, 3.8) is 0 Å². The van der Waals surface area contributed by atoms with Crippen LogP contribution in [0.2, 0.25) is 0 Å². The van der Waals surface area contributed by atoms with Crippen LogP contribution >= 0.6 is 11.8 Å². The number of allylic oxidation sites excluding steroid dienone is 1. The van der Waals surface area contributed by atoms with E-state index in [1.54, 1.807) is 11.8 Å². The molecule has 1 aliphatic rings. The number of benzene rings is 1. The molecule has 0 aromatic heterocycles. The molecule has 0 spiro atoms. The van der Waals surface area contributed by atoms with Crippen LogP contribution in [0.3, 0.4) is 0 Å². The van der Waals surface area contributed by atoms with Gasteiger partial charge in [-0.2, -0.15) is 0 Å². The van der Waals surface area contributed by atoms with Gasteiger partial charge in [0.25, 0.3) is 0 Å². The largest absolute Gasteiger partial charge is 0.480 e. The van der Waals surface area contributed by atoms with Gasteiger partial charge in [0.15, 0.2) is 5.78 Å². The number of carbonyl (C=O) groups is 3. The predicted octanol–water partition coefficient (Wildman–Crippen LogP) is 6.85. The average molecular weight is 489 g/mol. The predicted molar refractivity (Wildman–Crippen MR) is 137 cm³/mol. The highest BCUT2D eigenvalue weighted by atomic mass is 32.2. The fourth-order valence-electron chi connectivity index (χ4n) is 4.90. The molecule has 2 rings (SSSR count). The van der Waals surface area contributed by atoms with Gasteiger partial charge in [0.1, 0.15) is 5.41 Å². The summed E-state index contributed by atoms with van der Waals surface area (Å²) in [7, 11) is 1.38. The molecule has 5 nitrogen and oxygen atoms in total. The molecule has 0 bridgehead atoms. The minimum Gasteiger partial charge on any atom is -0.480 e. The topological polar surface area (TPSA) is 80.7 Å². The summed E-state index contributed by atoms with van der Waals surface area (Å²) in [4.78, 5) is 38.1. The van der Waals surface area contributed by atoms with Crippen LogP contribution in [0.4, 0.5) is 0 Å². The summed E-state index contributed by atoms with van der Waals surface area (Å²) >= 11 is 1.67. The SMILES string of the molecule is CCCCC/C=C/C(Sc1ccccc1)C1CCC(=O)C1(CCCCCCC(=O)OC)C(=O)O. The maximum absolute atomic E-state index is 13.1. The summed E-state index contributed by atoms with van der Waals surface area (Å²) < 4.78 is 4.67. The fourth-order valence-corrected chi connectivity index (χ4v) is 6.25. The number of carbonyl (C=O) groups excluding carboxylic acids is 2. The molecule has 1 fully saturated rings. The molecule has 6 heteroatoms. The van der Waals surface area contributed by atoms with E-state index < -0.39 is 11.4 Å². The third-order valence-electron chi connectivity index (χ3n) is 6.84. The highest BCUT2D eigenvalue weighted by Gasteiger charge is 2.57. The summed E-state index contributed by atoms with van der Waals surface area (Å²) in [6.07, 6.45) is 13.5. The number of carboxylic acids is 1. The minimum absolute atomic E-state index is 0.0640. The van der Waals surface area contributed by atoms with Gasteiger partial charge in [0.2, 0.25) is 0 Å². The normalized spacial score (nSPS) is 21.1. The van der Waals surface area contributed by atoms with E-state index in [1.807, 2.05) is 30.3 Å². The first-order valence-electron chi connectivity index (χ1n) is 12.7. The first-order chi connectivity index (χ1) is 16.5. The lowest BCUT2D eigenvalue weighted by Gasteiger charge is -2.34. The molecule has 1 aromatic carbocycles.